The van der Waals surface area contributed by atoms with Crippen LogP contribution in [0.3, 0.4) is 0 Å². The molecule has 0 aliphatic carbocycles. The van der Waals surface area contributed by atoms with Crippen LogP contribution < -0.4 is 0 Å². The van der Waals surface area contributed by atoms with Gasteiger partial charge in [-0.1, -0.05) is 27.7 Å². The summed E-state index contributed by atoms with van der Waals surface area (Å²) in [6.45, 7) is 7.59. The van der Waals surface area contributed by atoms with Crippen LogP contribution in [0.15, 0.2) is 0 Å². The molecule has 0 bridgehead atoms. The SMILES string of the molecule is CC(C)(CC(=O)O)CC(C)(C)CC(O)O. The molecule has 3 N–H and O–H groups in total. The van der Waals surface area contributed by atoms with Gasteiger partial charge < -0.3 is 15.3 Å². The smallest absolute Gasteiger partial charge is 0.303 e. The molecule has 0 fully saturated rings. The number of carboxylic acids is 1. The van der Waals surface area contributed by atoms with Gasteiger partial charge in [-0.05, 0) is 17.3 Å². The highest BCUT2D eigenvalue weighted by molar-refractivity contribution is 5.67. The fourth-order valence-corrected chi connectivity index (χ4v) is 2.33. The molecule has 0 heterocycles. The van der Waals surface area contributed by atoms with Gasteiger partial charge in [0.2, 0.25) is 0 Å². The standard InChI is InChI=1S/C11H22O4/c1-10(2,5-8(12)13)7-11(3,4)6-9(14)15/h8,12-13H,5-7H2,1-4H3,(H,14,15). The van der Waals surface area contributed by atoms with Crippen molar-refractivity contribution < 1.29 is 20.1 Å². The molecule has 0 aromatic heterocycles. The lowest BCUT2D eigenvalue weighted by atomic mass is 9.72. The van der Waals surface area contributed by atoms with Crippen molar-refractivity contribution in [2.75, 3.05) is 0 Å². The molecule has 0 atom stereocenters. The minimum Gasteiger partial charge on any atom is -0.481 e. The maximum atomic E-state index is 10.6. The Kier molecular flexibility index (Phi) is 4.74. The third-order valence-electron chi connectivity index (χ3n) is 2.32. The van der Waals surface area contributed by atoms with Gasteiger partial charge in [0.1, 0.15) is 0 Å². The van der Waals surface area contributed by atoms with E-state index in [0.717, 1.165) is 0 Å². The predicted molar refractivity (Wildman–Crippen MR) is 57.3 cm³/mol. The van der Waals surface area contributed by atoms with E-state index < -0.39 is 12.3 Å². The third-order valence-corrected chi connectivity index (χ3v) is 2.32. The van der Waals surface area contributed by atoms with E-state index in [4.69, 9.17) is 15.3 Å². The molecule has 0 aliphatic rings. The van der Waals surface area contributed by atoms with E-state index in [-0.39, 0.29) is 23.7 Å². The van der Waals surface area contributed by atoms with Crippen LogP contribution in [0.1, 0.15) is 47.0 Å². The van der Waals surface area contributed by atoms with Crippen LogP contribution >= 0.6 is 0 Å². The van der Waals surface area contributed by atoms with Crippen molar-refractivity contribution >= 4 is 5.97 Å². The van der Waals surface area contributed by atoms with E-state index in [9.17, 15) is 4.79 Å². The Morgan fingerprint density at radius 1 is 1.13 bits per heavy atom. The zero-order valence-electron chi connectivity index (χ0n) is 9.95. The van der Waals surface area contributed by atoms with Crippen molar-refractivity contribution in [3.8, 4) is 0 Å². The molecule has 0 aliphatic heterocycles. The summed E-state index contributed by atoms with van der Waals surface area (Å²) in [5.41, 5.74) is -0.600. The average molecular weight is 218 g/mol. The molecule has 0 amide bonds. The number of rotatable bonds is 6. The summed E-state index contributed by atoms with van der Waals surface area (Å²) in [6.07, 6.45) is -0.335. The number of aliphatic carboxylic acids is 1. The van der Waals surface area contributed by atoms with Crippen molar-refractivity contribution in [2.24, 2.45) is 10.8 Å². The van der Waals surface area contributed by atoms with Crippen molar-refractivity contribution in [2.45, 2.75) is 53.2 Å². The maximum absolute atomic E-state index is 10.6. The van der Waals surface area contributed by atoms with Crippen molar-refractivity contribution in [1.29, 1.82) is 0 Å². The van der Waals surface area contributed by atoms with Gasteiger partial charge in [-0.3, -0.25) is 4.79 Å². The van der Waals surface area contributed by atoms with Gasteiger partial charge in [-0.2, -0.15) is 0 Å². The first kappa shape index (κ1) is 14.4. The lowest BCUT2D eigenvalue weighted by Gasteiger charge is -2.34. The summed E-state index contributed by atoms with van der Waals surface area (Å²) < 4.78 is 0. The van der Waals surface area contributed by atoms with Gasteiger partial charge in [0, 0.05) is 6.42 Å². The number of hydrogen-bond acceptors (Lipinski definition) is 3. The fourth-order valence-electron chi connectivity index (χ4n) is 2.33. The van der Waals surface area contributed by atoms with Crippen molar-refractivity contribution in [3.05, 3.63) is 0 Å². The molecular weight excluding hydrogens is 196 g/mol. The van der Waals surface area contributed by atoms with Gasteiger partial charge in [0.25, 0.3) is 0 Å². The van der Waals surface area contributed by atoms with Gasteiger partial charge in [0.05, 0.1) is 6.42 Å². The molecule has 0 saturated heterocycles. The maximum Gasteiger partial charge on any atom is 0.303 e. The van der Waals surface area contributed by atoms with E-state index in [1.807, 2.05) is 27.7 Å². The van der Waals surface area contributed by atoms with Gasteiger partial charge in [-0.25, -0.2) is 0 Å². The molecule has 90 valence electrons. The molecule has 4 nitrogen and oxygen atoms in total. The molecular formula is C11H22O4. The van der Waals surface area contributed by atoms with Crippen LogP contribution in [0.5, 0.6) is 0 Å². The first-order valence-corrected chi connectivity index (χ1v) is 5.12. The summed E-state index contributed by atoms with van der Waals surface area (Å²) in [4.78, 5) is 10.6. The molecule has 0 unspecified atom stereocenters. The van der Waals surface area contributed by atoms with Gasteiger partial charge >= 0.3 is 5.97 Å². The first-order chi connectivity index (χ1) is 6.54. The molecule has 0 aromatic rings. The molecule has 0 saturated carbocycles. The van der Waals surface area contributed by atoms with E-state index in [1.165, 1.54) is 0 Å². The third kappa shape index (κ3) is 7.33. The number of hydrogen-bond donors (Lipinski definition) is 3. The number of aliphatic hydroxyl groups excluding tert-OH is 1. The topological polar surface area (TPSA) is 77.8 Å². The Morgan fingerprint density at radius 2 is 1.60 bits per heavy atom. The molecule has 0 rings (SSSR count). The number of aliphatic hydroxyl groups is 2. The lowest BCUT2D eigenvalue weighted by molar-refractivity contribution is -0.139. The second-order valence-corrected chi connectivity index (χ2v) is 5.76. The van der Waals surface area contributed by atoms with E-state index in [2.05, 4.69) is 0 Å². The van der Waals surface area contributed by atoms with E-state index >= 15 is 0 Å². The first-order valence-electron chi connectivity index (χ1n) is 5.12. The second kappa shape index (κ2) is 4.94. The highest BCUT2D eigenvalue weighted by Crippen LogP contribution is 2.38. The molecule has 0 aromatic carbocycles. The van der Waals surface area contributed by atoms with Crippen LogP contribution in [-0.4, -0.2) is 27.6 Å². The Hall–Kier alpha value is -0.610. The zero-order chi connectivity index (χ0) is 12.3. The second-order valence-electron chi connectivity index (χ2n) is 5.76. The fraction of sp³-hybridized carbons (Fsp3) is 0.909. The summed E-state index contributed by atoms with van der Waals surface area (Å²) in [7, 11) is 0. The summed E-state index contributed by atoms with van der Waals surface area (Å²) >= 11 is 0. The van der Waals surface area contributed by atoms with Crippen LogP contribution in [0.25, 0.3) is 0 Å². The Balaban J connectivity index is 4.35. The van der Waals surface area contributed by atoms with Crippen LogP contribution in [0.4, 0.5) is 0 Å². The van der Waals surface area contributed by atoms with E-state index in [1.54, 1.807) is 0 Å². The molecule has 0 radical (unpaired) electrons. The van der Waals surface area contributed by atoms with Crippen LogP contribution in [-0.2, 0) is 4.79 Å². The molecule has 0 spiro atoms. The lowest BCUT2D eigenvalue weighted by Crippen LogP contribution is -2.28. The van der Waals surface area contributed by atoms with Crippen molar-refractivity contribution in [1.82, 2.24) is 0 Å². The Bertz CT molecular complexity index is 219. The zero-order valence-corrected chi connectivity index (χ0v) is 9.95. The van der Waals surface area contributed by atoms with Gasteiger partial charge in [0.15, 0.2) is 6.29 Å². The summed E-state index contributed by atoms with van der Waals surface area (Å²) in [5.74, 6) is -0.819. The van der Waals surface area contributed by atoms with Crippen LogP contribution in [0.2, 0.25) is 0 Å². The monoisotopic (exact) mass is 218 g/mol. The Labute approximate surface area is 90.9 Å². The normalized spacial score (nSPS) is 13.3. The van der Waals surface area contributed by atoms with Crippen LogP contribution in [0, 0.1) is 10.8 Å². The largest absolute Gasteiger partial charge is 0.481 e. The predicted octanol–water partition coefficient (Wildman–Crippen LogP) is 1.60. The van der Waals surface area contributed by atoms with Crippen molar-refractivity contribution in [3.63, 3.8) is 0 Å². The minimum absolute atomic E-state index is 0.0952. The molecule has 15 heavy (non-hydrogen) atoms. The Morgan fingerprint density at radius 3 is 1.93 bits per heavy atom. The molecule has 4 heteroatoms. The summed E-state index contributed by atoms with van der Waals surface area (Å²) in [5, 5.41) is 26.5. The highest BCUT2D eigenvalue weighted by Gasteiger charge is 2.31. The minimum atomic E-state index is -1.33. The van der Waals surface area contributed by atoms with E-state index in [0.29, 0.717) is 6.42 Å². The average Bonchev–Trinajstić information content (AvgIpc) is 1.73. The number of carboxylic acid groups (broad SMARTS) is 1. The summed E-state index contributed by atoms with van der Waals surface area (Å²) in [6, 6.07) is 0. The number of carbonyl (C=O) groups is 1. The quantitative estimate of drug-likeness (QED) is 0.592. The highest BCUT2D eigenvalue weighted by atomic mass is 16.5. The van der Waals surface area contributed by atoms with Gasteiger partial charge in [-0.15, -0.1) is 0 Å².